The molecule has 0 aromatic carbocycles. The van der Waals surface area contributed by atoms with Crippen molar-refractivity contribution in [2.24, 2.45) is 5.92 Å². The van der Waals surface area contributed by atoms with Gasteiger partial charge in [0, 0.05) is 18.8 Å². The van der Waals surface area contributed by atoms with Crippen molar-refractivity contribution in [3.8, 4) is 0 Å². The van der Waals surface area contributed by atoms with Crippen molar-refractivity contribution in [3.63, 3.8) is 0 Å². The Bertz CT molecular complexity index is 633. The first-order chi connectivity index (χ1) is 10.1. The van der Waals surface area contributed by atoms with Crippen molar-refractivity contribution in [3.05, 3.63) is 33.5 Å². The molecule has 1 amide bonds. The van der Waals surface area contributed by atoms with E-state index in [9.17, 15) is 4.79 Å². The summed E-state index contributed by atoms with van der Waals surface area (Å²) in [5, 5.41) is 7.15. The van der Waals surface area contributed by atoms with Crippen LogP contribution in [0.2, 0.25) is 0 Å². The van der Waals surface area contributed by atoms with Crippen molar-refractivity contribution in [1.82, 2.24) is 20.1 Å². The van der Waals surface area contributed by atoms with Gasteiger partial charge in [-0.25, -0.2) is 4.98 Å². The van der Waals surface area contributed by atoms with E-state index >= 15 is 0 Å². The van der Waals surface area contributed by atoms with Gasteiger partial charge < -0.3 is 4.90 Å². The van der Waals surface area contributed by atoms with E-state index in [1.54, 1.807) is 5.51 Å². The van der Waals surface area contributed by atoms with Gasteiger partial charge in [-0.05, 0) is 44.6 Å². The Morgan fingerprint density at radius 3 is 3.05 bits per heavy atom. The van der Waals surface area contributed by atoms with E-state index in [-0.39, 0.29) is 5.91 Å². The van der Waals surface area contributed by atoms with Gasteiger partial charge in [0.2, 0.25) is 0 Å². The van der Waals surface area contributed by atoms with Gasteiger partial charge in [-0.1, -0.05) is 0 Å². The highest BCUT2D eigenvalue weighted by atomic mass is 32.1. The second-order valence-electron chi connectivity index (χ2n) is 5.76. The van der Waals surface area contributed by atoms with Crippen molar-refractivity contribution in [1.29, 1.82) is 0 Å². The third-order valence-electron chi connectivity index (χ3n) is 4.17. The van der Waals surface area contributed by atoms with Crippen LogP contribution in [-0.4, -0.2) is 39.1 Å². The Labute approximate surface area is 128 Å². The van der Waals surface area contributed by atoms with Crippen LogP contribution in [0.3, 0.4) is 0 Å². The summed E-state index contributed by atoms with van der Waals surface area (Å²) >= 11 is 1.44. The van der Waals surface area contributed by atoms with Crippen LogP contribution >= 0.6 is 11.3 Å². The molecular weight excluding hydrogens is 284 g/mol. The fraction of sp³-hybridized carbons (Fsp3) is 0.533. The predicted octanol–water partition coefficient (Wildman–Crippen LogP) is 2.58. The molecule has 3 rings (SSSR count). The molecule has 1 N–H and O–H groups in total. The summed E-state index contributed by atoms with van der Waals surface area (Å²) in [5.74, 6) is 0.649. The van der Waals surface area contributed by atoms with Gasteiger partial charge in [0.05, 0.1) is 17.4 Å². The number of aryl methyl sites for hydroxylation is 2. The van der Waals surface area contributed by atoms with Gasteiger partial charge in [-0.2, -0.15) is 5.10 Å². The number of aromatic nitrogens is 3. The fourth-order valence-electron chi connectivity index (χ4n) is 2.94. The van der Waals surface area contributed by atoms with Crippen LogP contribution in [0.15, 0.2) is 11.7 Å². The van der Waals surface area contributed by atoms with Crippen molar-refractivity contribution < 1.29 is 4.79 Å². The normalized spacial score (nSPS) is 19.0. The zero-order valence-electron chi connectivity index (χ0n) is 12.4. The average molecular weight is 304 g/mol. The lowest BCUT2D eigenvalue weighted by atomic mass is 9.92. The first-order valence-electron chi connectivity index (χ1n) is 7.33. The number of rotatable bonds is 3. The molecule has 0 saturated carbocycles. The average Bonchev–Trinajstić information content (AvgIpc) is 3.08. The molecule has 3 heterocycles. The molecule has 0 spiro atoms. The number of amides is 1. The van der Waals surface area contributed by atoms with E-state index in [1.165, 1.54) is 29.0 Å². The van der Waals surface area contributed by atoms with E-state index in [1.807, 2.05) is 18.0 Å². The summed E-state index contributed by atoms with van der Waals surface area (Å²) in [7, 11) is 0. The van der Waals surface area contributed by atoms with Crippen LogP contribution in [0.5, 0.6) is 0 Å². The summed E-state index contributed by atoms with van der Waals surface area (Å²) in [5.41, 5.74) is 4.99. The van der Waals surface area contributed by atoms with Crippen LogP contribution in [0.4, 0.5) is 0 Å². The second kappa shape index (κ2) is 5.97. The van der Waals surface area contributed by atoms with Crippen LogP contribution in [0, 0.1) is 19.8 Å². The molecule has 2 aromatic rings. The molecular formula is C15H20N4OS. The number of thiazole rings is 1. The molecule has 0 aliphatic carbocycles. The summed E-state index contributed by atoms with van der Waals surface area (Å²) in [6.07, 6.45) is 5.07. The molecule has 5 nitrogen and oxygen atoms in total. The molecule has 0 radical (unpaired) electrons. The SMILES string of the molecule is Cc1cn[nH]c1C[C@@H]1CCCN(C(=O)c2scnc2C)C1. The quantitative estimate of drug-likeness (QED) is 0.948. The summed E-state index contributed by atoms with van der Waals surface area (Å²) in [6.45, 7) is 5.66. The number of aromatic amines is 1. The molecule has 1 atom stereocenters. The van der Waals surface area contributed by atoms with E-state index < -0.39 is 0 Å². The minimum absolute atomic E-state index is 0.140. The number of nitrogens with zero attached hydrogens (tertiary/aromatic N) is 3. The number of hydrogen-bond donors (Lipinski definition) is 1. The zero-order chi connectivity index (χ0) is 14.8. The van der Waals surface area contributed by atoms with Crippen LogP contribution < -0.4 is 0 Å². The lowest BCUT2D eigenvalue weighted by Gasteiger charge is -2.32. The standard InChI is InChI=1S/C15H20N4OS/c1-10-7-17-18-13(10)6-12-4-3-5-19(8-12)15(20)14-11(2)16-9-21-14/h7,9,12H,3-6,8H2,1-2H3,(H,17,18)/t12-/m0/s1. The summed E-state index contributed by atoms with van der Waals surface area (Å²) in [4.78, 5) is 19.5. The molecule has 112 valence electrons. The number of carbonyl (C=O) groups is 1. The largest absolute Gasteiger partial charge is 0.338 e. The maximum Gasteiger partial charge on any atom is 0.265 e. The number of piperidine rings is 1. The third-order valence-corrected chi connectivity index (χ3v) is 5.09. The number of hydrogen-bond acceptors (Lipinski definition) is 4. The Morgan fingerprint density at radius 2 is 2.38 bits per heavy atom. The van der Waals surface area contributed by atoms with Crippen molar-refractivity contribution in [2.45, 2.75) is 33.1 Å². The topological polar surface area (TPSA) is 61.9 Å². The van der Waals surface area contributed by atoms with Gasteiger partial charge in [0.25, 0.3) is 5.91 Å². The number of H-pyrrole nitrogens is 1. The Morgan fingerprint density at radius 1 is 1.52 bits per heavy atom. The Hall–Kier alpha value is -1.69. The maximum atomic E-state index is 12.6. The minimum Gasteiger partial charge on any atom is -0.338 e. The maximum absolute atomic E-state index is 12.6. The van der Waals surface area contributed by atoms with Gasteiger partial charge in [0.15, 0.2) is 0 Å². The number of likely N-dealkylation sites (tertiary alicyclic amines) is 1. The van der Waals surface area contributed by atoms with E-state index in [2.05, 4.69) is 22.1 Å². The molecule has 1 aliphatic rings. The number of nitrogens with one attached hydrogen (secondary N) is 1. The summed E-state index contributed by atoms with van der Waals surface area (Å²) in [6, 6.07) is 0. The molecule has 1 saturated heterocycles. The first-order valence-corrected chi connectivity index (χ1v) is 8.21. The molecule has 0 bridgehead atoms. The minimum atomic E-state index is 0.140. The third kappa shape index (κ3) is 3.00. The lowest BCUT2D eigenvalue weighted by Crippen LogP contribution is -2.40. The van der Waals surface area contributed by atoms with Crippen molar-refractivity contribution in [2.75, 3.05) is 13.1 Å². The highest BCUT2D eigenvalue weighted by molar-refractivity contribution is 7.11. The van der Waals surface area contributed by atoms with E-state index in [4.69, 9.17) is 0 Å². The predicted molar refractivity (Wildman–Crippen MR) is 82.5 cm³/mol. The molecule has 6 heteroatoms. The Balaban J connectivity index is 1.67. The highest BCUT2D eigenvalue weighted by Crippen LogP contribution is 2.24. The first kappa shape index (κ1) is 14.3. The fourth-order valence-corrected chi connectivity index (χ4v) is 3.70. The van der Waals surface area contributed by atoms with E-state index in [0.717, 1.165) is 36.5 Å². The zero-order valence-corrected chi connectivity index (χ0v) is 13.2. The van der Waals surface area contributed by atoms with E-state index in [0.29, 0.717) is 5.92 Å². The van der Waals surface area contributed by atoms with Crippen LogP contribution in [0.1, 0.15) is 39.5 Å². The van der Waals surface area contributed by atoms with Gasteiger partial charge in [0.1, 0.15) is 4.88 Å². The van der Waals surface area contributed by atoms with Gasteiger partial charge in [-0.3, -0.25) is 9.89 Å². The van der Waals surface area contributed by atoms with Crippen LogP contribution in [-0.2, 0) is 6.42 Å². The highest BCUT2D eigenvalue weighted by Gasteiger charge is 2.26. The molecule has 0 unspecified atom stereocenters. The molecule has 2 aromatic heterocycles. The molecule has 1 aliphatic heterocycles. The lowest BCUT2D eigenvalue weighted by molar-refractivity contribution is 0.0676. The number of carbonyl (C=O) groups excluding carboxylic acids is 1. The van der Waals surface area contributed by atoms with Gasteiger partial charge >= 0.3 is 0 Å². The second-order valence-corrected chi connectivity index (χ2v) is 6.62. The molecule has 1 fully saturated rings. The summed E-state index contributed by atoms with van der Waals surface area (Å²) < 4.78 is 0. The van der Waals surface area contributed by atoms with Crippen molar-refractivity contribution >= 4 is 17.2 Å². The monoisotopic (exact) mass is 304 g/mol. The molecule has 21 heavy (non-hydrogen) atoms. The van der Waals surface area contributed by atoms with Crippen LogP contribution in [0.25, 0.3) is 0 Å². The Kier molecular flexibility index (Phi) is 4.05. The van der Waals surface area contributed by atoms with Gasteiger partial charge in [-0.15, -0.1) is 11.3 Å². The smallest absolute Gasteiger partial charge is 0.265 e.